The summed E-state index contributed by atoms with van der Waals surface area (Å²) >= 11 is 0. The van der Waals surface area contributed by atoms with Crippen LogP contribution in [0.4, 0.5) is 0 Å². The van der Waals surface area contributed by atoms with Gasteiger partial charge in [-0.05, 0) is 31.4 Å². The third kappa shape index (κ3) is 2.95. The van der Waals surface area contributed by atoms with Gasteiger partial charge in [0.25, 0.3) is 0 Å². The van der Waals surface area contributed by atoms with Crippen molar-refractivity contribution in [3.05, 3.63) is 35.4 Å². The third-order valence-corrected chi connectivity index (χ3v) is 6.93. The van der Waals surface area contributed by atoms with Gasteiger partial charge in [0.2, 0.25) is 0 Å². The zero-order valence-electron chi connectivity index (χ0n) is 17.9. The summed E-state index contributed by atoms with van der Waals surface area (Å²) in [4.78, 5) is 17.8. The standard InChI is InChI=1S/C23H28N2O5/c1-12-17-10-25-6-5-14-15-8-20(27-3)21(28-4)9-18(15)24-23(14)19(25)7-16(17)22(11-29-12)30-13(2)26/h8-9,11-12,16-17,19,24H,5-7,10H2,1-4H3/t12-,16-,17-,19+/m0/s1. The van der Waals surface area contributed by atoms with Crippen molar-refractivity contribution in [2.75, 3.05) is 27.3 Å². The van der Waals surface area contributed by atoms with Crippen molar-refractivity contribution in [2.24, 2.45) is 11.8 Å². The first-order valence-corrected chi connectivity index (χ1v) is 10.5. The summed E-state index contributed by atoms with van der Waals surface area (Å²) in [6.07, 6.45) is 3.63. The average molecular weight is 412 g/mol. The summed E-state index contributed by atoms with van der Waals surface area (Å²) in [6, 6.07) is 4.35. The van der Waals surface area contributed by atoms with Crippen molar-refractivity contribution in [3.63, 3.8) is 0 Å². The molecule has 7 nitrogen and oxygen atoms in total. The summed E-state index contributed by atoms with van der Waals surface area (Å²) in [5, 5.41) is 1.19. The number of ether oxygens (including phenoxy) is 4. The van der Waals surface area contributed by atoms with Crippen molar-refractivity contribution in [1.82, 2.24) is 9.88 Å². The number of hydrogen-bond acceptors (Lipinski definition) is 6. The van der Waals surface area contributed by atoms with Crippen molar-refractivity contribution < 1.29 is 23.7 Å². The van der Waals surface area contributed by atoms with E-state index in [1.54, 1.807) is 20.5 Å². The summed E-state index contributed by atoms with van der Waals surface area (Å²) in [6.45, 7) is 5.48. The lowest BCUT2D eigenvalue weighted by atomic mass is 9.74. The molecule has 4 atom stereocenters. The molecule has 1 fully saturated rings. The van der Waals surface area contributed by atoms with Crippen LogP contribution in [0.3, 0.4) is 0 Å². The monoisotopic (exact) mass is 412 g/mol. The molecule has 1 aromatic heterocycles. The number of carbonyl (C=O) groups excluding carboxylic acids is 1. The number of carbonyl (C=O) groups is 1. The van der Waals surface area contributed by atoms with Gasteiger partial charge in [-0.2, -0.15) is 0 Å². The van der Waals surface area contributed by atoms with Gasteiger partial charge in [0.05, 0.1) is 26.4 Å². The van der Waals surface area contributed by atoms with Crippen molar-refractivity contribution in [3.8, 4) is 11.5 Å². The number of nitrogens with one attached hydrogen (secondary N) is 1. The fraction of sp³-hybridized carbons (Fsp3) is 0.522. The van der Waals surface area contributed by atoms with Crippen LogP contribution in [-0.2, 0) is 20.7 Å². The molecule has 0 spiro atoms. The van der Waals surface area contributed by atoms with E-state index in [0.29, 0.717) is 11.7 Å². The second-order valence-electron chi connectivity index (χ2n) is 8.49. The zero-order valence-corrected chi connectivity index (χ0v) is 17.9. The molecule has 1 saturated heterocycles. The quantitative estimate of drug-likeness (QED) is 0.778. The number of benzene rings is 1. The minimum Gasteiger partial charge on any atom is -0.494 e. The van der Waals surface area contributed by atoms with Gasteiger partial charge in [0.15, 0.2) is 11.5 Å². The molecular weight excluding hydrogens is 384 g/mol. The molecule has 0 aliphatic carbocycles. The van der Waals surface area contributed by atoms with Crippen LogP contribution in [0, 0.1) is 11.8 Å². The molecule has 0 radical (unpaired) electrons. The first kappa shape index (κ1) is 19.3. The molecule has 3 aliphatic rings. The number of piperidine rings is 1. The Balaban J connectivity index is 1.54. The predicted octanol–water partition coefficient (Wildman–Crippen LogP) is 3.54. The van der Waals surface area contributed by atoms with Gasteiger partial charge in [-0.15, -0.1) is 0 Å². The van der Waals surface area contributed by atoms with Gasteiger partial charge in [0.1, 0.15) is 12.0 Å². The molecule has 0 bridgehead atoms. The highest BCUT2D eigenvalue weighted by molar-refractivity contribution is 5.88. The van der Waals surface area contributed by atoms with Crippen LogP contribution in [0.5, 0.6) is 11.5 Å². The first-order valence-electron chi connectivity index (χ1n) is 10.5. The largest absolute Gasteiger partial charge is 0.494 e. The summed E-state index contributed by atoms with van der Waals surface area (Å²) in [5.41, 5.74) is 3.67. The van der Waals surface area contributed by atoms with Crippen LogP contribution in [0.2, 0.25) is 0 Å². The third-order valence-electron chi connectivity index (χ3n) is 6.93. The Morgan fingerprint density at radius 3 is 2.73 bits per heavy atom. The van der Waals surface area contributed by atoms with E-state index in [4.69, 9.17) is 18.9 Å². The maximum atomic E-state index is 11.6. The number of fused-ring (bicyclic) bond motifs is 6. The number of hydrogen-bond donors (Lipinski definition) is 1. The van der Waals surface area contributed by atoms with E-state index in [2.05, 4.69) is 22.9 Å². The Morgan fingerprint density at radius 2 is 2.00 bits per heavy atom. The molecule has 0 unspecified atom stereocenters. The topological polar surface area (TPSA) is 73.0 Å². The molecule has 7 heteroatoms. The Bertz CT molecular complexity index is 1030. The fourth-order valence-electron chi connectivity index (χ4n) is 5.48. The van der Waals surface area contributed by atoms with Gasteiger partial charge < -0.3 is 23.9 Å². The lowest BCUT2D eigenvalue weighted by molar-refractivity contribution is -0.141. The molecule has 160 valence electrons. The van der Waals surface area contributed by atoms with Gasteiger partial charge in [-0.1, -0.05) is 0 Å². The van der Waals surface area contributed by atoms with Crippen LogP contribution >= 0.6 is 0 Å². The zero-order chi connectivity index (χ0) is 21.0. The summed E-state index contributed by atoms with van der Waals surface area (Å²) in [7, 11) is 3.33. The first-order chi connectivity index (χ1) is 14.5. The van der Waals surface area contributed by atoms with E-state index in [9.17, 15) is 4.79 Å². The highest BCUT2D eigenvalue weighted by Gasteiger charge is 2.46. The minimum atomic E-state index is -0.297. The normalized spacial score (nSPS) is 27.9. The molecule has 0 saturated carbocycles. The molecule has 30 heavy (non-hydrogen) atoms. The molecule has 1 aromatic carbocycles. The number of esters is 1. The van der Waals surface area contributed by atoms with Crippen LogP contribution in [0.25, 0.3) is 10.9 Å². The highest BCUT2D eigenvalue weighted by atomic mass is 16.6. The van der Waals surface area contributed by atoms with E-state index in [1.165, 1.54) is 23.6 Å². The summed E-state index contributed by atoms with van der Waals surface area (Å²) < 4.78 is 22.4. The lowest BCUT2D eigenvalue weighted by Crippen LogP contribution is -2.51. The molecule has 4 heterocycles. The van der Waals surface area contributed by atoms with E-state index >= 15 is 0 Å². The second kappa shape index (κ2) is 7.23. The van der Waals surface area contributed by atoms with Crippen LogP contribution in [-0.4, -0.2) is 49.3 Å². The van der Waals surface area contributed by atoms with Crippen LogP contribution in [0.1, 0.15) is 37.6 Å². The lowest BCUT2D eigenvalue weighted by Gasteiger charge is -2.49. The van der Waals surface area contributed by atoms with Crippen molar-refractivity contribution in [1.29, 1.82) is 0 Å². The Hall–Kier alpha value is -2.67. The smallest absolute Gasteiger partial charge is 0.307 e. The van der Waals surface area contributed by atoms with Gasteiger partial charge in [-0.25, -0.2) is 0 Å². The van der Waals surface area contributed by atoms with E-state index in [1.807, 2.05) is 6.07 Å². The summed E-state index contributed by atoms with van der Waals surface area (Å²) in [5.74, 6) is 2.32. The highest BCUT2D eigenvalue weighted by Crippen LogP contribution is 2.48. The number of aromatic amines is 1. The number of allylic oxidation sites excluding steroid dienone is 1. The second-order valence-corrected chi connectivity index (χ2v) is 8.49. The molecule has 2 aromatic rings. The number of nitrogens with zero attached hydrogens (tertiary/aromatic N) is 1. The minimum absolute atomic E-state index is 0.105. The van der Waals surface area contributed by atoms with Crippen LogP contribution < -0.4 is 9.47 Å². The number of rotatable bonds is 3. The number of H-pyrrole nitrogens is 1. The van der Waals surface area contributed by atoms with Gasteiger partial charge in [-0.3, -0.25) is 9.69 Å². The van der Waals surface area contributed by atoms with E-state index in [-0.39, 0.29) is 24.0 Å². The Morgan fingerprint density at radius 1 is 1.23 bits per heavy atom. The van der Waals surface area contributed by atoms with Crippen molar-refractivity contribution in [2.45, 2.75) is 38.8 Å². The van der Waals surface area contributed by atoms with Crippen molar-refractivity contribution >= 4 is 16.9 Å². The molecule has 3 aliphatic heterocycles. The van der Waals surface area contributed by atoms with Crippen LogP contribution in [0.15, 0.2) is 24.2 Å². The average Bonchev–Trinajstić information content (AvgIpc) is 3.11. The molecular formula is C23H28N2O5. The number of methoxy groups -OCH3 is 2. The maximum absolute atomic E-state index is 11.6. The predicted molar refractivity (Wildman–Crippen MR) is 111 cm³/mol. The van der Waals surface area contributed by atoms with Gasteiger partial charge >= 0.3 is 5.97 Å². The SMILES string of the molecule is COc1cc2[nH]c3c(c2cc1OC)CCN1C[C@H]2[C@H](C)OC=C(OC(C)=O)[C@H]2C[C@H]31. The Kier molecular flexibility index (Phi) is 4.65. The molecule has 0 amide bonds. The Labute approximate surface area is 175 Å². The van der Waals surface area contributed by atoms with E-state index in [0.717, 1.165) is 42.9 Å². The fourth-order valence-corrected chi connectivity index (χ4v) is 5.48. The number of aromatic nitrogens is 1. The molecule has 5 rings (SSSR count). The maximum Gasteiger partial charge on any atom is 0.307 e. The van der Waals surface area contributed by atoms with Gasteiger partial charge in [0, 0.05) is 54.5 Å². The molecule has 1 N–H and O–H groups in total. The van der Waals surface area contributed by atoms with E-state index < -0.39 is 0 Å².